The lowest BCUT2D eigenvalue weighted by Gasteiger charge is -2.25. The van der Waals surface area contributed by atoms with Crippen LogP contribution in [0.1, 0.15) is 25.0 Å². The van der Waals surface area contributed by atoms with Gasteiger partial charge < -0.3 is 10.4 Å². The molecular weight excluding hydrogens is 312 g/mol. The fourth-order valence-electron chi connectivity index (χ4n) is 2.43. The maximum absolute atomic E-state index is 13.6. The molecule has 2 atom stereocenters. The molecule has 3 nitrogen and oxygen atoms in total. The lowest BCUT2D eigenvalue weighted by Crippen LogP contribution is -2.41. The first kappa shape index (κ1) is 18.1. The number of hydrogen-bond donors (Lipinski definition) is 2. The quantitative estimate of drug-likeness (QED) is 0.853. The molecule has 128 valence electrons. The summed E-state index contributed by atoms with van der Waals surface area (Å²) in [6.07, 6.45) is 0.275. The van der Waals surface area contributed by atoms with Crippen LogP contribution < -0.4 is 5.32 Å². The van der Waals surface area contributed by atoms with Gasteiger partial charge in [0.25, 0.3) is 0 Å². The van der Waals surface area contributed by atoms with Gasteiger partial charge in [0, 0.05) is 5.92 Å². The van der Waals surface area contributed by atoms with Gasteiger partial charge in [-0.2, -0.15) is 0 Å². The van der Waals surface area contributed by atoms with E-state index >= 15 is 0 Å². The largest absolute Gasteiger partial charge is 0.384 e. The van der Waals surface area contributed by atoms with Crippen LogP contribution in [0.2, 0.25) is 0 Å². The SMILES string of the molecule is CC(Cc1ccccc1F)C(=O)NCC(C)(O)c1ccc(F)cc1. The molecule has 0 spiro atoms. The second kappa shape index (κ2) is 7.53. The number of aliphatic hydroxyl groups is 1. The number of hydrogen-bond acceptors (Lipinski definition) is 2. The van der Waals surface area contributed by atoms with Crippen molar-refractivity contribution >= 4 is 5.91 Å². The molecule has 0 aliphatic heterocycles. The van der Waals surface area contributed by atoms with E-state index in [-0.39, 0.29) is 24.7 Å². The number of benzene rings is 2. The lowest BCUT2D eigenvalue weighted by molar-refractivity contribution is -0.125. The van der Waals surface area contributed by atoms with E-state index < -0.39 is 17.3 Å². The molecule has 2 rings (SSSR count). The summed E-state index contributed by atoms with van der Waals surface area (Å²) >= 11 is 0. The monoisotopic (exact) mass is 333 g/mol. The lowest BCUT2D eigenvalue weighted by atomic mass is 9.95. The number of nitrogens with one attached hydrogen (secondary N) is 1. The Morgan fingerprint density at radius 1 is 1.17 bits per heavy atom. The summed E-state index contributed by atoms with van der Waals surface area (Å²) in [6, 6.07) is 11.8. The highest BCUT2D eigenvalue weighted by Gasteiger charge is 2.25. The third-order valence-electron chi connectivity index (χ3n) is 4.00. The Kier molecular flexibility index (Phi) is 5.67. The molecule has 0 aromatic heterocycles. The number of carbonyl (C=O) groups is 1. The topological polar surface area (TPSA) is 49.3 Å². The van der Waals surface area contributed by atoms with E-state index in [1.807, 2.05) is 0 Å². The highest BCUT2D eigenvalue weighted by Crippen LogP contribution is 2.20. The molecule has 2 N–H and O–H groups in total. The fourth-order valence-corrected chi connectivity index (χ4v) is 2.43. The summed E-state index contributed by atoms with van der Waals surface area (Å²) in [5.74, 6) is -1.45. The third kappa shape index (κ3) is 4.61. The normalized spacial score (nSPS) is 14.7. The van der Waals surface area contributed by atoms with Crippen molar-refractivity contribution in [2.24, 2.45) is 5.92 Å². The van der Waals surface area contributed by atoms with Crippen LogP contribution in [0.3, 0.4) is 0 Å². The van der Waals surface area contributed by atoms with Crippen molar-refractivity contribution in [2.75, 3.05) is 6.54 Å². The second-order valence-electron chi connectivity index (χ2n) is 6.20. The Hall–Kier alpha value is -2.27. The third-order valence-corrected chi connectivity index (χ3v) is 4.00. The van der Waals surface area contributed by atoms with E-state index in [9.17, 15) is 18.7 Å². The maximum Gasteiger partial charge on any atom is 0.223 e. The Bertz CT molecular complexity index is 699. The van der Waals surface area contributed by atoms with Crippen molar-refractivity contribution in [2.45, 2.75) is 25.9 Å². The van der Waals surface area contributed by atoms with Crippen LogP contribution in [-0.2, 0) is 16.8 Å². The highest BCUT2D eigenvalue weighted by atomic mass is 19.1. The summed E-state index contributed by atoms with van der Waals surface area (Å²) in [5.41, 5.74) is -0.336. The van der Waals surface area contributed by atoms with Gasteiger partial charge in [-0.05, 0) is 42.7 Å². The first-order chi connectivity index (χ1) is 11.3. The molecular formula is C19H21F2NO2. The molecule has 0 aliphatic carbocycles. The summed E-state index contributed by atoms with van der Waals surface area (Å²) in [6.45, 7) is 3.23. The van der Waals surface area contributed by atoms with Crippen molar-refractivity contribution < 1.29 is 18.7 Å². The maximum atomic E-state index is 13.6. The van der Waals surface area contributed by atoms with E-state index in [4.69, 9.17) is 0 Å². The minimum absolute atomic E-state index is 0.0148. The van der Waals surface area contributed by atoms with Crippen LogP contribution in [0.5, 0.6) is 0 Å². The van der Waals surface area contributed by atoms with Crippen molar-refractivity contribution in [1.82, 2.24) is 5.32 Å². The van der Waals surface area contributed by atoms with Crippen molar-refractivity contribution in [1.29, 1.82) is 0 Å². The molecule has 1 amide bonds. The van der Waals surface area contributed by atoms with Crippen molar-refractivity contribution in [3.05, 3.63) is 71.3 Å². The van der Waals surface area contributed by atoms with Gasteiger partial charge in [0.2, 0.25) is 5.91 Å². The molecule has 24 heavy (non-hydrogen) atoms. The van der Waals surface area contributed by atoms with Crippen LogP contribution in [0.15, 0.2) is 48.5 Å². The molecule has 2 unspecified atom stereocenters. The molecule has 0 fully saturated rings. The Labute approximate surface area is 140 Å². The smallest absolute Gasteiger partial charge is 0.223 e. The van der Waals surface area contributed by atoms with E-state index in [2.05, 4.69) is 5.32 Å². The summed E-state index contributed by atoms with van der Waals surface area (Å²) in [7, 11) is 0. The average Bonchev–Trinajstić information content (AvgIpc) is 2.55. The molecule has 2 aromatic carbocycles. The van der Waals surface area contributed by atoms with E-state index in [1.54, 1.807) is 32.0 Å². The molecule has 0 radical (unpaired) electrons. The standard InChI is InChI=1S/C19H21F2NO2/c1-13(11-14-5-3-4-6-17(14)21)18(23)22-12-19(2,24)15-7-9-16(20)10-8-15/h3-10,13,24H,11-12H2,1-2H3,(H,22,23). The number of amides is 1. The van der Waals surface area contributed by atoms with Gasteiger partial charge in [-0.15, -0.1) is 0 Å². The van der Waals surface area contributed by atoms with Crippen LogP contribution in [-0.4, -0.2) is 17.6 Å². The minimum Gasteiger partial charge on any atom is -0.384 e. The first-order valence-electron chi connectivity index (χ1n) is 7.79. The Balaban J connectivity index is 1.94. The number of carbonyl (C=O) groups excluding carboxylic acids is 1. The van der Waals surface area contributed by atoms with E-state index in [0.717, 1.165) is 0 Å². The van der Waals surface area contributed by atoms with Crippen LogP contribution in [0.4, 0.5) is 8.78 Å². The second-order valence-corrected chi connectivity index (χ2v) is 6.20. The van der Waals surface area contributed by atoms with Crippen molar-refractivity contribution in [3.8, 4) is 0 Å². The van der Waals surface area contributed by atoms with Gasteiger partial charge in [-0.3, -0.25) is 4.79 Å². The zero-order valence-electron chi connectivity index (χ0n) is 13.7. The summed E-state index contributed by atoms with van der Waals surface area (Å²) < 4.78 is 26.6. The molecule has 0 heterocycles. The van der Waals surface area contributed by atoms with Crippen LogP contribution in [0.25, 0.3) is 0 Å². The Morgan fingerprint density at radius 3 is 2.42 bits per heavy atom. The van der Waals surface area contributed by atoms with Gasteiger partial charge in [0.1, 0.15) is 17.2 Å². The average molecular weight is 333 g/mol. The summed E-state index contributed by atoms with van der Waals surface area (Å²) in [4.78, 5) is 12.2. The first-order valence-corrected chi connectivity index (χ1v) is 7.79. The van der Waals surface area contributed by atoms with Gasteiger partial charge >= 0.3 is 0 Å². The molecule has 0 aliphatic rings. The molecule has 5 heteroatoms. The van der Waals surface area contributed by atoms with Gasteiger partial charge in [-0.25, -0.2) is 8.78 Å². The predicted molar refractivity (Wildman–Crippen MR) is 88.2 cm³/mol. The number of rotatable bonds is 6. The van der Waals surface area contributed by atoms with Gasteiger partial charge in [0.15, 0.2) is 0 Å². The zero-order valence-corrected chi connectivity index (χ0v) is 13.7. The summed E-state index contributed by atoms with van der Waals surface area (Å²) in [5, 5.41) is 13.1. The predicted octanol–water partition coefficient (Wildman–Crippen LogP) is 3.17. The minimum atomic E-state index is -1.32. The van der Waals surface area contributed by atoms with Gasteiger partial charge in [0.05, 0.1) is 6.54 Å². The zero-order chi connectivity index (χ0) is 17.7. The number of halogens is 2. The van der Waals surface area contributed by atoms with Crippen molar-refractivity contribution in [3.63, 3.8) is 0 Å². The highest BCUT2D eigenvalue weighted by molar-refractivity contribution is 5.78. The fraction of sp³-hybridized carbons (Fsp3) is 0.316. The Morgan fingerprint density at radius 2 is 1.79 bits per heavy atom. The molecule has 0 bridgehead atoms. The van der Waals surface area contributed by atoms with Crippen LogP contribution >= 0.6 is 0 Å². The van der Waals surface area contributed by atoms with E-state index in [0.29, 0.717) is 11.1 Å². The molecule has 2 aromatic rings. The molecule has 0 saturated heterocycles. The van der Waals surface area contributed by atoms with E-state index in [1.165, 1.54) is 30.3 Å². The van der Waals surface area contributed by atoms with Crippen LogP contribution in [0, 0.1) is 17.6 Å². The van der Waals surface area contributed by atoms with Gasteiger partial charge in [-0.1, -0.05) is 37.3 Å². The molecule has 0 saturated carbocycles.